The number of aromatic nitrogens is 4. The van der Waals surface area contributed by atoms with Gasteiger partial charge >= 0.3 is 0 Å². The van der Waals surface area contributed by atoms with Gasteiger partial charge in [-0.15, -0.1) is 49.6 Å². The van der Waals surface area contributed by atoms with E-state index in [1.807, 2.05) is 6.33 Å². The van der Waals surface area contributed by atoms with Gasteiger partial charge in [-0.05, 0) is 46.0 Å². The minimum atomic E-state index is 0. The highest BCUT2D eigenvalue weighted by atomic mass is 35.5. The minimum Gasteiger partial charge on any atom is -0.368 e. The van der Waals surface area contributed by atoms with Crippen LogP contribution in [0.25, 0.3) is 11.2 Å². The molecule has 1 fully saturated rings. The van der Waals surface area contributed by atoms with E-state index >= 15 is 0 Å². The molecule has 0 aromatic carbocycles. The summed E-state index contributed by atoms with van der Waals surface area (Å²) in [5.74, 6) is 1.52. The molecule has 2 aromatic rings. The zero-order valence-corrected chi connectivity index (χ0v) is 20.5. The number of nitrogens with zero attached hydrogens (tertiary/aromatic N) is 4. The second-order valence-electron chi connectivity index (χ2n) is 7.35. The quantitative estimate of drug-likeness (QED) is 0.473. The number of imidazole rings is 1. The smallest absolute Gasteiger partial charge is 0.227 e. The van der Waals surface area contributed by atoms with Crippen molar-refractivity contribution in [3.05, 3.63) is 6.33 Å². The third-order valence-electron chi connectivity index (χ3n) is 4.91. The summed E-state index contributed by atoms with van der Waals surface area (Å²) in [6, 6.07) is 1.05. The molecule has 2 aromatic heterocycles. The van der Waals surface area contributed by atoms with E-state index in [0.717, 1.165) is 62.1 Å². The third kappa shape index (κ3) is 7.79. The lowest BCUT2D eigenvalue weighted by molar-refractivity contribution is 0.410. The predicted molar refractivity (Wildman–Crippen MR) is 132 cm³/mol. The Balaban J connectivity index is 0. The monoisotopic (exact) mass is 489 g/mol. The molecule has 0 radical (unpaired) electrons. The molecule has 7 nitrogen and oxygen atoms in total. The number of unbranched alkanes of at least 4 members (excludes halogenated alkanes) is 1. The molecule has 29 heavy (non-hydrogen) atoms. The Hall–Kier alpha value is -0.730. The fourth-order valence-corrected chi connectivity index (χ4v) is 3.31. The summed E-state index contributed by atoms with van der Waals surface area (Å²) in [4.78, 5) is 14.0. The van der Waals surface area contributed by atoms with Crippen LogP contribution in [-0.4, -0.2) is 38.1 Å². The van der Waals surface area contributed by atoms with Crippen LogP contribution in [0, 0.1) is 0 Å². The standard InChI is InChI=1S/C18H31N7.4ClH/c1-4-5-10-20-16-15-17(25(11-21-15)12(2)3)24-18(23-16)22-14-8-6-13(19)7-9-14;;;;/h11-14H,4-10,19H2,1-3H3,(H2,20,22,23,24);4*1H. The molecule has 1 aliphatic carbocycles. The lowest BCUT2D eigenvalue weighted by Crippen LogP contribution is -2.33. The van der Waals surface area contributed by atoms with E-state index in [1.54, 1.807) is 0 Å². The van der Waals surface area contributed by atoms with Crippen LogP contribution in [0.1, 0.15) is 65.3 Å². The van der Waals surface area contributed by atoms with Gasteiger partial charge in [0, 0.05) is 24.7 Å². The second kappa shape index (κ2) is 14.3. The number of rotatable bonds is 7. The maximum atomic E-state index is 6.02. The van der Waals surface area contributed by atoms with Crippen molar-refractivity contribution in [2.24, 2.45) is 5.73 Å². The van der Waals surface area contributed by atoms with E-state index in [4.69, 9.17) is 15.7 Å². The number of fused-ring (bicyclic) bond motifs is 1. The van der Waals surface area contributed by atoms with E-state index in [1.165, 1.54) is 0 Å². The number of hydrogen-bond donors (Lipinski definition) is 3. The maximum Gasteiger partial charge on any atom is 0.227 e. The van der Waals surface area contributed by atoms with Crippen LogP contribution in [0.3, 0.4) is 0 Å². The Morgan fingerprint density at radius 2 is 1.76 bits per heavy atom. The molecule has 3 rings (SSSR count). The Labute approximate surface area is 198 Å². The molecule has 1 saturated carbocycles. The zero-order valence-electron chi connectivity index (χ0n) is 17.3. The van der Waals surface area contributed by atoms with Crippen LogP contribution in [0.2, 0.25) is 0 Å². The van der Waals surface area contributed by atoms with E-state index in [0.29, 0.717) is 24.1 Å². The van der Waals surface area contributed by atoms with Gasteiger partial charge in [-0.2, -0.15) is 9.97 Å². The van der Waals surface area contributed by atoms with Gasteiger partial charge in [0.2, 0.25) is 5.95 Å². The number of halogens is 4. The molecule has 0 saturated heterocycles. The van der Waals surface area contributed by atoms with Gasteiger partial charge in [-0.3, -0.25) is 0 Å². The van der Waals surface area contributed by atoms with Crippen LogP contribution in [0.4, 0.5) is 11.8 Å². The van der Waals surface area contributed by atoms with Gasteiger partial charge in [-0.25, -0.2) is 4.98 Å². The van der Waals surface area contributed by atoms with Crippen LogP contribution >= 0.6 is 49.6 Å². The predicted octanol–water partition coefficient (Wildman–Crippen LogP) is 4.99. The van der Waals surface area contributed by atoms with Crippen molar-refractivity contribution in [2.75, 3.05) is 17.2 Å². The maximum absolute atomic E-state index is 6.02. The average Bonchev–Trinajstić information content (AvgIpc) is 3.01. The Kier molecular flexibility index (Phi) is 15.0. The summed E-state index contributed by atoms with van der Waals surface area (Å²) in [5.41, 5.74) is 7.75. The fourth-order valence-electron chi connectivity index (χ4n) is 3.31. The Morgan fingerprint density at radius 1 is 1.10 bits per heavy atom. The largest absolute Gasteiger partial charge is 0.368 e. The Bertz CT molecular complexity index is 703. The van der Waals surface area contributed by atoms with Crippen molar-refractivity contribution in [1.82, 2.24) is 19.5 Å². The van der Waals surface area contributed by atoms with Crippen molar-refractivity contribution in [3.63, 3.8) is 0 Å². The second-order valence-corrected chi connectivity index (χ2v) is 7.35. The number of nitrogens with two attached hydrogens (primary N) is 1. The van der Waals surface area contributed by atoms with Gasteiger partial charge in [-0.1, -0.05) is 13.3 Å². The van der Waals surface area contributed by atoms with Crippen LogP contribution in [0.5, 0.6) is 0 Å². The number of nitrogens with one attached hydrogen (secondary N) is 2. The molecule has 0 bridgehead atoms. The number of hydrogen-bond acceptors (Lipinski definition) is 6. The summed E-state index contributed by atoms with van der Waals surface area (Å²) in [5, 5.41) is 6.96. The molecule has 11 heteroatoms. The van der Waals surface area contributed by atoms with Crippen LogP contribution < -0.4 is 16.4 Å². The topological polar surface area (TPSA) is 93.7 Å². The first-order chi connectivity index (χ1) is 12.1. The SMILES string of the molecule is CCCCNc1nc(NC2CCC(N)CC2)nc2c1ncn2C(C)C.Cl.Cl.Cl.Cl. The van der Waals surface area contributed by atoms with Crippen molar-refractivity contribution >= 4 is 72.6 Å². The highest BCUT2D eigenvalue weighted by molar-refractivity contribution is 5.86. The summed E-state index contributed by atoms with van der Waals surface area (Å²) in [6.07, 6.45) is 8.39. The van der Waals surface area contributed by atoms with Gasteiger partial charge in [0.15, 0.2) is 17.0 Å². The molecule has 4 N–H and O–H groups in total. The first kappa shape index (κ1) is 30.5. The molecule has 0 unspecified atom stereocenters. The Morgan fingerprint density at radius 3 is 2.34 bits per heavy atom. The highest BCUT2D eigenvalue weighted by Gasteiger charge is 2.21. The summed E-state index contributed by atoms with van der Waals surface area (Å²) in [7, 11) is 0. The van der Waals surface area contributed by atoms with Gasteiger partial charge < -0.3 is 20.9 Å². The molecule has 0 spiro atoms. The van der Waals surface area contributed by atoms with Gasteiger partial charge in [0.1, 0.15) is 0 Å². The third-order valence-corrected chi connectivity index (χ3v) is 4.91. The molecule has 0 amide bonds. The lowest BCUT2D eigenvalue weighted by Gasteiger charge is -2.27. The van der Waals surface area contributed by atoms with E-state index in [9.17, 15) is 0 Å². The zero-order chi connectivity index (χ0) is 17.8. The molecule has 1 aliphatic rings. The first-order valence-corrected chi connectivity index (χ1v) is 9.59. The van der Waals surface area contributed by atoms with Crippen LogP contribution in [-0.2, 0) is 0 Å². The van der Waals surface area contributed by atoms with E-state index in [2.05, 4.69) is 41.0 Å². The fraction of sp³-hybridized carbons (Fsp3) is 0.722. The summed E-state index contributed by atoms with van der Waals surface area (Å²) >= 11 is 0. The molecular formula is C18H35Cl4N7. The number of anilines is 2. The van der Waals surface area contributed by atoms with E-state index in [-0.39, 0.29) is 49.6 Å². The van der Waals surface area contributed by atoms with Gasteiger partial charge in [0.25, 0.3) is 0 Å². The molecule has 0 atom stereocenters. The molecule has 2 heterocycles. The average molecular weight is 491 g/mol. The van der Waals surface area contributed by atoms with Gasteiger partial charge in [0.05, 0.1) is 6.33 Å². The van der Waals surface area contributed by atoms with Crippen molar-refractivity contribution in [1.29, 1.82) is 0 Å². The lowest BCUT2D eigenvalue weighted by atomic mass is 9.92. The van der Waals surface area contributed by atoms with Crippen molar-refractivity contribution < 1.29 is 0 Å². The first-order valence-electron chi connectivity index (χ1n) is 9.59. The van der Waals surface area contributed by atoms with Crippen molar-refractivity contribution in [2.45, 2.75) is 77.4 Å². The molecule has 170 valence electrons. The molecular weight excluding hydrogens is 456 g/mol. The van der Waals surface area contributed by atoms with Crippen molar-refractivity contribution in [3.8, 4) is 0 Å². The summed E-state index contributed by atoms with van der Waals surface area (Å²) in [6.45, 7) is 7.37. The van der Waals surface area contributed by atoms with Crippen LogP contribution in [0.15, 0.2) is 6.33 Å². The van der Waals surface area contributed by atoms with E-state index < -0.39 is 0 Å². The summed E-state index contributed by atoms with van der Waals surface area (Å²) < 4.78 is 2.10. The highest BCUT2D eigenvalue weighted by Crippen LogP contribution is 2.25. The molecule has 0 aliphatic heterocycles. The minimum absolute atomic E-state index is 0. The normalized spacial score (nSPS) is 18.1.